The predicted molar refractivity (Wildman–Crippen MR) is 54.5 cm³/mol. The van der Waals surface area contributed by atoms with Crippen molar-refractivity contribution in [1.29, 1.82) is 0 Å². The second-order valence-electron chi connectivity index (χ2n) is 2.77. The van der Waals surface area contributed by atoms with Crippen LogP contribution in [0.3, 0.4) is 0 Å². The maximum Gasteiger partial charge on any atom is 0.303 e. The standard InChI is InChI=1S/C8H7BrN2O4/c9-5-3-7(11(14)15)6(10-4-5)1-2-8(12)13/h3-4H,1-2H2,(H,12,13). The van der Waals surface area contributed by atoms with Crippen LogP contribution in [-0.4, -0.2) is 21.0 Å². The lowest BCUT2D eigenvalue weighted by molar-refractivity contribution is -0.386. The number of aryl methyl sites for hydroxylation is 1. The van der Waals surface area contributed by atoms with E-state index in [-0.39, 0.29) is 24.2 Å². The zero-order valence-electron chi connectivity index (χ0n) is 7.51. The van der Waals surface area contributed by atoms with Gasteiger partial charge in [-0.1, -0.05) is 0 Å². The van der Waals surface area contributed by atoms with Gasteiger partial charge in [0.1, 0.15) is 5.69 Å². The quantitative estimate of drug-likeness (QED) is 0.667. The fourth-order valence-electron chi connectivity index (χ4n) is 1.03. The topological polar surface area (TPSA) is 93.3 Å². The second-order valence-corrected chi connectivity index (χ2v) is 3.69. The number of carboxylic acid groups (broad SMARTS) is 1. The Morgan fingerprint density at radius 2 is 2.33 bits per heavy atom. The van der Waals surface area contributed by atoms with E-state index in [2.05, 4.69) is 20.9 Å². The van der Waals surface area contributed by atoms with Crippen LogP contribution in [-0.2, 0) is 11.2 Å². The first kappa shape index (κ1) is 11.6. The molecule has 1 rings (SSSR count). The SMILES string of the molecule is O=C(O)CCc1ncc(Br)cc1[N+](=O)[O-]. The van der Waals surface area contributed by atoms with Crippen LogP contribution in [0.5, 0.6) is 0 Å². The molecule has 0 aliphatic carbocycles. The van der Waals surface area contributed by atoms with Crippen molar-refractivity contribution >= 4 is 27.6 Å². The molecule has 0 fully saturated rings. The van der Waals surface area contributed by atoms with Crippen LogP contribution in [0.4, 0.5) is 5.69 Å². The Balaban J connectivity index is 2.95. The largest absolute Gasteiger partial charge is 0.481 e. The Labute approximate surface area is 93.2 Å². The zero-order chi connectivity index (χ0) is 11.4. The van der Waals surface area contributed by atoms with E-state index in [1.807, 2.05) is 0 Å². The minimum Gasteiger partial charge on any atom is -0.481 e. The van der Waals surface area contributed by atoms with Gasteiger partial charge in [0, 0.05) is 23.2 Å². The third-order valence-corrected chi connectivity index (χ3v) is 2.12. The summed E-state index contributed by atoms with van der Waals surface area (Å²) < 4.78 is 0.494. The van der Waals surface area contributed by atoms with Gasteiger partial charge in [-0.25, -0.2) is 0 Å². The van der Waals surface area contributed by atoms with Crippen molar-refractivity contribution in [2.45, 2.75) is 12.8 Å². The number of nitro groups is 1. The van der Waals surface area contributed by atoms with Gasteiger partial charge in [0.05, 0.1) is 11.3 Å². The molecule has 1 heterocycles. The van der Waals surface area contributed by atoms with Crippen molar-refractivity contribution in [3.05, 3.63) is 32.5 Å². The number of hydrogen-bond acceptors (Lipinski definition) is 4. The minimum atomic E-state index is -1.01. The lowest BCUT2D eigenvalue weighted by atomic mass is 10.2. The van der Waals surface area contributed by atoms with Crippen molar-refractivity contribution in [2.75, 3.05) is 0 Å². The van der Waals surface area contributed by atoms with Gasteiger partial charge in [0.2, 0.25) is 0 Å². The van der Waals surface area contributed by atoms with E-state index in [4.69, 9.17) is 5.11 Å². The molecule has 0 atom stereocenters. The number of carbonyl (C=O) groups is 1. The van der Waals surface area contributed by atoms with E-state index in [1.54, 1.807) is 0 Å². The molecule has 15 heavy (non-hydrogen) atoms. The summed E-state index contributed by atoms with van der Waals surface area (Å²) in [6.45, 7) is 0. The van der Waals surface area contributed by atoms with Crippen molar-refractivity contribution in [1.82, 2.24) is 4.98 Å². The van der Waals surface area contributed by atoms with Gasteiger partial charge >= 0.3 is 5.97 Å². The van der Waals surface area contributed by atoms with Crippen LogP contribution in [0, 0.1) is 10.1 Å². The Morgan fingerprint density at radius 3 is 2.87 bits per heavy atom. The lowest BCUT2D eigenvalue weighted by Gasteiger charge is -2.00. The molecule has 0 amide bonds. The summed E-state index contributed by atoms with van der Waals surface area (Å²) in [7, 11) is 0. The van der Waals surface area contributed by atoms with Gasteiger partial charge in [-0.05, 0) is 15.9 Å². The zero-order valence-corrected chi connectivity index (χ0v) is 9.10. The lowest BCUT2D eigenvalue weighted by Crippen LogP contribution is -2.03. The van der Waals surface area contributed by atoms with Gasteiger partial charge in [-0.2, -0.15) is 0 Å². The summed E-state index contributed by atoms with van der Waals surface area (Å²) in [6, 6.07) is 1.31. The average Bonchev–Trinajstić information content (AvgIpc) is 2.15. The van der Waals surface area contributed by atoms with Crippen molar-refractivity contribution in [3.63, 3.8) is 0 Å². The fourth-order valence-corrected chi connectivity index (χ4v) is 1.35. The summed E-state index contributed by atoms with van der Waals surface area (Å²) in [4.78, 5) is 24.2. The summed E-state index contributed by atoms with van der Waals surface area (Å²) in [5.41, 5.74) is 0.0243. The number of hydrogen-bond donors (Lipinski definition) is 1. The normalized spacial score (nSPS) is 9.93. The minimum absolute atomic E-state index is 0.0545. The maximum atomic E-state index is 10.6. The Morgan fingerprint density at radius 1 is 1.67 bits per heavy atom. The predicted octanol–water partition coefficient (Wildman–Crippen LogP) is 1.77. The third-order valence-electron chi connectivity index (χ3n) is 1.69. The fraction of sp³-hybridized carbons (Fsp3) is 0.250. The molecule has 0 aromatic carbocycles. The number of rotatable bonds is 4. The molecule has 0 aliphatic rings. The van der Waals surface area contributed by atoms with E-state index in [0.29, 0.717) is 4.47 Å². The molecular weight excluding hydrogens is 268 g/mol. The number of carboxylic acids is 1. The number of halogens is 1. The first-order valence-electron chi connectivity index (χ1n) is 4.01. The van der Waals surface area contributed by atoms with Gasteiger partial charge in [-0.3, -0.25) is 19.9 Å². The van der Waals surface area contributed by atoms with E-state index in [1.165, 1.54) is 12.3 Å². The highest BCUT2D eigenvalue weighted by molar-refractivity contribution is 9.10. The molecule has 7 heteroatoms. The van der Waals surface area contributed by atoms with Crippen LogP contribution in [0.15, 0.2) is 16.7 Å². The van der Waals surface area contributed by atoms with Crippen molar-refractivity contribution in [3.8, 4) is 0 Å². The average molecular weight is 275 g/mol. The van der Waals surface area contributed by atoms with Crippen LogP contribution in [0.25, 0.3) is 0 Å². The molecule has 0 radical (unpaired) electrons. The van der Waals surface area contributed by atoms with Gasteiger partial charge < -0.3 is 5.11 Å². The van der Waals surface area contributed by atoms with Gasteiger partial charge in [-0.15, -0.1) is 0 Å². The molecule has 80 valence electrons. The second kappa shape index (κ2) is 4.83. The molecule has 0 aliphatic heterocycles. The number of nitrogens with zero attached hydrogens (tertiary/aromatic N) is 2. The number of aliphatic carboxylic acids is 1. The molecule has 1 N–H and O–H groups in total. The molecule has 6 nitrogen and oxygen atoms in total. The highest BCUT2D eigenvalue weighted by atomic mass is 79.9. The highest BCUT2D eigenvalue weighted by Crippen LogP contribution is 2.22. The first-order valence-corrected chi connectivity index (χ1v) is 4.80. The van der Waals surface area contributed by atoms with E-state index < -0.39 is 10.9 Å². The Hall–Kier alpha value is -1.50. The van der Waals surface area contributed by atoms with Crippen LogP contribution in [0.2, 0.25) is 0 Å². The van der Waals surface area contributed by atoms with Crippen LogP contribution >= 0.6 is 15.9 Å². The molecule has 0 saturated heterocycles. The summed E-state index contributed by atoms with van der Waals surface area (Å²) in [5, 5.41) is 19.1. The van der Waals surface area contributed by atoms with Crippen molar-refractivity contribution in [2.24, 2.45) is 0 Å². The molecule has 1 aromatic heterocycles. The van der Waals surface area contributed by atoms with Gasteiger partial charge in [0.15, 0.2) is 0 Å². The summed E-state index contributed by atoms with van der Waals surface area (Å²) >= 11 is 3.06. The molecule has 0 bridgehead atoms. The highest BCUT2D eigenvalue weighted by Gasteiger charge is 2.16. The molecule has 1 aromatic rings. The van der Waals surface area contributed by atoms with Crippen molar-refractivity contribution < 1.29 is 14.8 Å². The summed E-state index contributed by atoms with van der Waals surface area (Å²) in [6.07, 6.45) is 1.29. The van der Waals surface area contributed by atoms with Crippen LogP contribution < -0.4 is 0 Å². The van der Waals surface area contributed by atoms with Gasteiger partial charge in [0.25, 0.3) is 5.69 Å². The summed E-state index contributed by atoms with van der Waals surface area (Å²) in [5.74, 6) is -1.01. The maximum absolute atomic E-state index is 10.6. The molecule has 0 saturated carbocycles. The molecule has 0 spiro atoms. The molecular formula is C8H7BrN2O4. The first-order chi connectivity index (χ1) is 7.00. The Kier molecular flexibility index (Phi) is 3.73. The smallest absolute Gasteiger partial charge is 0.303 e. The number of aromatic nitrogens is 1. The Bertz CT molecular complexity index is 408. The van der Waals surface area contributed by atoms with E-state index in [9.17, 15) is 14.9 Å². The third kappa shape index (κ3) is 3.28. The van der Waals surface area contributed by atoms with E-state index >= 15 is 0 Å². The monoisotopic (exact) mass is 274 g/mol. The van der Waals surface area contributed by atoms with E-state index in [0.717, 1.165) is 0 Å². The molecule has 0 unspecified atom stereocenters. The van der Waals surface area contributed by atoms with Crippen LogP contribution in [0.1, 0.15) is 12.1 Å². The number of pyridine rings is 1.